The van der Waals surface area contributed by atoms with Gasteiger partial charge < -0.3 is 10.4 Å². The summed E-state index contributed by atoms with van der Waals surface area (Å²) >= 11 is 0. The first-order valence-corrected chi connectivity index (χ1v) is 7.13. The van der Waals surface area contributed by atoms with Crippen LogP contribution in [-0.4, -0.2) is 26.5 Å². The van der Waals surface area contributed by atoms with Gasteiger partial charge in [-0.15, -0.1) is 0 Å². The Hall–Kier alpha value is -2.04. The van der Waals surface area contributed by atoms with Crippen molar-refractivity contribution in [2.45, 2.75) is 38.6 Å². The van der Waals surface area contributed by atoms with E-state index in [-0.39, 0.29) is 11.7 Å². The first-order chi connectivity index (χ1) is 9.66. The molecule has 2 aromatic rings. The number of rotatable bonds is 4. The number of aromatic carboxylic acids is 1. The average Bonchev–Trinajstić information content (AvgIpc) is 3.05. The topological polar surface area (TPSA) is 66.6 Å². The standard InChI is InChI=1S/C15H19N3O2/c1-10(11-6-2-3-7-11)16-14-13(15(19)20)18-9-5-4-8-12(18)17-14/h4-5,8-11,16H,2-3,6-7H2,1H3,(H,19,20). The van der Waals surface area contributed by atoms with E-state index in [1.54, 1.807) is 10.6 Å². The number of carbonyl (C=O) groups is 1. The minimum absolute atomic E-state index is 0.213. The summed E-state index contributed by atoms with van der Waals surface area (Å²) in [5.41, 5.74) is 0.872. The van der Waals surface area contributed by atoms with Gasteiger partial charge in [-0.3, -0.25) is 4.40 Å². The minimum Gasteiger partial charge on any atom is -0.476 e. The lowest BCUT2D eigenvalue weighted by molar-refractivity contribution is 0.0690. The molecule has 2 N–H and O–H groups in total. The maximum absolute atomic E-state index is 11.5. The molecule has 0 spiro atoms. The third-order valence-electron chi connectivity index (χ3n) is 4.20. The molecular formula is C15H19N3O2. The van der Waals surface area contributed by atoms with Gasteiger partial charge >= 0.3 is 5.97 Å². The molecule has 3 rings (SSSR count). The Morgan fingerprint density at radius 3 is 2.90 bits per heavy atom. The molecule has 0 radical (unpaired) electrons. The second-order valence-electron chi connectivity index (χ2n) is 5.52. The van der Waals surface area contributed by atoms with Crippen LogP contribution in [0.3, 0.4) is 0 Å². The van der Waals surface area contributed by atoms with Crippen molar-refractivity contribution in [3.05, 3.63) is 30.1 Å². The number of imidazole rings is 1. The molecule has 1 aliphatic rings. The molecule has 5 heteroatoms. The molecule has 20 heavy (non-hydrogen) atoms. The Morgan fingerprint density at radius 1 is 1.45 bits per heavy atom. The summed E-state index contributed by atoms with van der Waals surface area (Å²) in [4.78, 5) is 15.9. The number of anilines is 1. The van der Waals surface area contributed by atoms with Gasteiger partial charge in [-0.25, -0.2) is 9.78 Å². The lowest BCUT2D eigenvalue weighted by Gasteiger charge is -2.20. The maximum Gasteiger partial charge on any atom is 0.356 e. The lowest BCUT2D eigenvalue weighted by Crippen LogP contribution is -2.25. The van der Waals surface area contributed by atoms with Crippen LogP contribution in [0.5, 0.6) is 0 Å². The van der Waals surface area contributed by atoms with Crippen molar-refractivity contribution >= 4 is 17.4 Å². The van der Waals surface area contributed by atoms with Gasteiger partial charge in [-0.1, -0.05) is 18.9 Å². The van der Waals surface area contributed by atoms with Crippen LogP contribution >= 0.6 is 0 Å². The van der Waals surface area contributed by atoms with Crippen molar-refractivity contribution in [2.24, 2.45) is 5.92 Å². The van der Waals surface area contributed by atoms with Crippen molar-refractivity contribution in [3.8, 4) is 0 Å². The van der Waals surface area contributed by atoms with Crippen LogP contribution < -0.4 is 5.32 Å². The summed E-state index contributed by atoms with van der Waals surface area (Å²) in [5.74, 6) is 0.134. The first-order valence-electron chi connectivity index (χ1n) is 7.13. The zero-order valence-electron chi connectivity index (χ0n) is 11.5. The van der Waals surface area contributed by atoms with Crippen LogP contribution in [0.4, 0.5) is 5.82 Å². The lowest BCUT2D eigenvalue weighted by atomic mass is 10.00. The summed E-state index contributed by atoms with van der Waals surface area (Å²) in [6.07, 6.45) is 6.70. The molecule has 106 valence electrons. The van der Waals surface area contributed by atoms with E-state index >= 15 is 0 Å². The van der Waals surface area contributed by atoms with Gasteiger partial charge in [-0.05, 0) is 37.8 Å². The second-order valence-corrected chi connectivity index (χ2v) is 5.52. The monoisotopic (exact) mass is 273 g/mol. The Kier molecular flexibility index (Phi) is 3.34. The smallest absolute Gasteiger partial charge is 0.356 e. The molecule has 0 aromatic carbocycles. The SMILES string of the molecule is CC(Nc1nc2ccccn2c1C(=O)O)C1CCCC1. The molecule has 0 amide bonds. The Balaban J connectivity index is 1.93. The highest BCUT2D eigenvalue weighted by Gasteiger charge is 2.25. The van der Waals surface area contributed by atoms with Crippen LogP contribution in [0.15, 0.2) is 24.4 Å². The molecule has 1 atom stereocenters. The van der Waals surface area contributed by atoms with Gasteiger partial charge in [0, 0.05) is 12.2 Å². The van der Waals surface area contributed by atoms with Crippen molar-refractivity contribution in [3.63, 3.8) is 0 Å². The number of fused-ring (bicyclic) bond motifs is 1. The number of nitrogens with zero attached hydrogens (tertiary/aromatic N) is 2. The Morgan fingerprint density at radius 2 is 2.20 bits per heavy atom. The molecule has 1 unspecified atom stereocenters. The third kappa shape index (κ3) is 2.24. The zero-order valence-corrected chi connectivity index (χ0v) is 11.5. The average molecular weight is 273 g/mol. The normalized spacial score (nSPS) is 17.4. The molecule has 0 bridgehead atoms. The highest BCUT2D eigenvalue weighted by molar-refractivity contribution is 5.93. The number of pyridine rings is 1. The summed E-state index contributed by atoms with van der Waals surface area (Å²) in [6.45, 7) is 2.12. The predicted molar refractivity (Wildman–Crippen MR) is 77.2 cm³/mol. The molecule has 2 aromatic heterocycles. The quantitative estimate of drug-likeness (QED) is 0.898. The molecule has 1 aliphatic carbocycles. The number of hydrogen-bond donors (Lipinski definition) is 2. The van der Waals surface area contributed by atoms with E-state index in [0.717, 1.165) is 0 Å². The Bertz CT molecular complexity index is 629. The van der Waals surface area contributed by atoms with Crippen LogP contribution in [-0.2, 0) is 0 Å². The van der Waals surface area contributed by atoms with Gasteiger partial charge in [0.25, 0.3) is 0 Å². The summed E-state index contributed by atoms with van der Waals surface area (Å²) in [7, 11) is 0. The van der Waals surface area contributed by atoms with Crippen molar-refractivity contribution in [1.29, 1.82) is 0 Å². The third-order valence-corrected chi connectivity index (χ3v) is 4.20. The van der Waals surface area contributed by atoms with Crippen LogP contribution in [0, 0.1) is 5.92 Å². The highest BCUT2D eigenvalue weighted by Crippen LogP contribution is 2.30. The van der Waals surface area contributed by atoms with E-state index in [1.807, 2.05) is 18.2 Å². The molecule has 1 saturated carbocycles. The largest absolute Gasteiger partial charge is 0.476 e. The summed E-state index contributed by atoms with van der Waals surface area (Å²) in [6, 6.07) is 5.74. The Labute approximate surface area is 117 Å². The molecule has 0 saturated heterocycles. The maximum atomic E-state index is 11.5. The predicted octanol–water partition coefficient (Wildman–Crippen LogP) is 3.02. The number of carboxylic acid groups (broad SMARTS) is 1. The molecule has 1 fully saturated rings. The van der Waals surface area contributed by atoms with E-state index in [0.29, 0.717) is 17.4 Å². The van der Waals surface area contributed by atoms with E-state index in [1.165, 1.54) is 25.7 Å². The van der Waals surface area contributed by atoms with Crippen molar-refractivity contribution < 1.29 is 9.90 Å². The van der Waals surface area contributed by atoms with Crippen molar-refractivity contribution in [1.82, 2.24) is 9.38 Å². The van der Waals surface area contributed by atoms with Gasteiger partial charge in [-0.2, -0.15) is 0 Å². The first kappa shape index (κ1) is 13.0. The van der Waals surface area contributed by atoms with E-state index in [4.69, 9.17) is 0 Å². The fraction of sp³-hybridized carbons (Fsp3) is 0.467. The fourth-order valence-corrected chi connectivity index (χ4v) is 3.09. The number of aromatic nitrogens is 2. The number of nitrogens with one attached hydrogen (secondary N) is 1. The van der Waals surface area contributed by atoms with Crippen molar-refractivity contribution in [2.75, 3.05) is 5.32 Å². The molecular weight excluding hydrogens is 254 g/mol. The number of hydrogen-bond acceptors (Lipinski definition) is 3. The van der Waals surface area contributed by atoms with Crippen LogP contribution in [0.2, 0.25) is 0 Å². The summed E-state index contributed by atoms with van der Waals surface area (Å²) in [5, 5.41) is 12.7. The van der Waals surface area contributed by atoms with Gasteiger partial charge in [0.1, 0.15) is 5.65 Å². The van der Waals surface area contributed by atoms with E-state index in [2.05, 4.69) is 17.2 Å². The molecule has 5 nitrogen and oxygen atoms in total. The minimum atomic E-state index is -0.954. The van der Waals surface area contributed by atoms with Gasteiger partial charge in [0.05, 0.1) is 0 Å². The summed E-state index contributed by atoms with van der Waals surface area (Å²) < 4.78 is 1.62. The zero-order chi connectivity index (χ0) is 14.1. The van der Waals surface area contributed by atoms with Gasteiger partial charge in [0.15, 0.2) is 11.5 Å². The van der Waals surface area contributed by atoms with Crippen LogP contribution in [0.25, 0.3) is 5.65 Å². The van der Waals surface area contributed by atoms with E-state index < -0.39 is 5.97 Å². The number of carboxylic acids is 1. The van der Waals surface area contributed by atoms with Gasteiger partial charge in [0.2, 0.25) is 0 Å². The highest BCUT2D eigenvalue weighted by atomic mass is 16.4. The molecule has 2 heterocycles. The second kappa shape index (κ2) is 5.15. The van der Waals surface area contributed by atoms with E-state index in [9.17, 15) is 9.90 Å². The molecule has 0 aliphatic heterocycles. The van der Waals surface area contributed by atoms with Crippen LogP contribution in [0.1, 0.15) is 43.1 Å². The fourth-order valence-electron chi connectivity index (χ4n) is 3.09.